The number of allylic oxidation sites excluding steroid dienone is 27. The summed E-state index contributed by atoms with van der Waals surface area (Å²) in [6.45, 7) is 24.4. The zero-order chi connectivity index (χ0) is 43.6. The lowest BCUT2D eigenvalue weighted by atomic mass is 9.85. The van der Waals surface area contributed by atoms with Gasteiger partial charge in [-0.15, -0.1) is 0 Å². The summed E-state index contributed by atoms with van der Waals surface area (Å²) in [5.41, 5.74) is 13.6. The van der Waals surface area contributed by atoms with E-state index in [4.69, 9.17) is 0 Å². The van der Waals surface area contributed by atoms with Gasteiger partial charge in [0.25, 0.3) is 0 Å². The predicted octanol–water partition coefficient (Wildman–Crippen LogP) is 17.1. The molecule has 0 saturated heterocycles. The molecule has 3 unspecified atom stereocenters. The van der Waals surface area contributed by atoms with Gasteiger partial charge in [-0.2, -0.15) is 0 Å². The molecule has 0 saturated carbocycles. The van der Waals surface area contributed by atoms with Crippen LogP contribution in [0.25, 0.3) is 0 Å². The van der Waals surface area contributed by atoms with Crippen LogP contribution in [0.2, 0.25) is 0 Å². The zero-order valence-corrected chi connectivity index (χ0v) is 38.6. The smallest absolute Gasteiger partial charge is 0.0455 e. The van der Waals surface area contributed by atoms with E-state index in [2.05, 4.69) is 237 Å². The lowest BCUT2D eigenvalue weighted by molar-refractivity contribution is 0.546. The molecule has 2 aromatic carbocycles. The number of rotatable bonds is 17. The molecule has 1 aliphatic heterocycles. The molecule has 0 aromatic heterocycles. The quantitative estimate of drug-likeness (QED) is 0.116. The van der Waals surface area contributed by atoms with Crippen LogP contribution in [0, 0.1) is 11.8 Å². The second-order valence-electron chi connectivity index (χ2n) is 15.8. The maximum Gasteiger partial charge on any atom is 0.0455 e. The number of hydrogen-bond acceptors (Lipinski definition) is 2. The Labute approximate surface area is 373 Å². The highest BCUT2D eigenvalue weighted by Gasteiger charge is 2.20. The molecule has 3 aliphatic rings. The molecule has 1 heterocycles. The molecule has 314 valence electrons. The van der Waals surface area contributed by atoms with Gasteiger partial charge in [0, 0.05) is 46.7 Å². The van der Waals surface area contributed by atoms with E-state index in [0.717, 1.165) is 49.2 Å². The molecule has 0 spiro atoms. The van der Waals surface area contributed by atoms with E-state index in [1.54, 1.807) is 0 Å². The molecular formula is C59H67NS. The monoisotopic (exact) mass is 821 g/mol. The van der Waals surface area contributed by atoms with Crippen LogP contribution in [-0.4, -0.2) is 4.90 Å². The van der Waals surface area contributed by atoms with E-state index < -0.39 is 0 Å². The average molecular weight is 822 g/mol. The molecule has 61 heavy (non-hydrogen) atoms. The van der Waals surface area contributed by atoms with Crippen LogP contribution >= 0.6 is 11.8 Å². The van der Waals surface area contributed by atoms with Gasteiger partial charge < -0.3 is 4.90 Å². The van der Waals surface area contributed by atoms with Crippen LogP contribution in [0.3, 0.4) is 0 Å². The third-order valence-corrected chi connectivity index (χ3v) is 12.6. The number of hydrogen-bond donors (Lipinski definition) is 0. The first-order chi connectivity index (χ1) is 29.7. The van der Waals surface area contributed by atoms with Crippen molar-refractivity contribution in [3.63, 3.8) is 0 Å². The van der Waals surface area contributed by atoms with E-state index in [9.17, 15) is 0 Å². The van der Waals surface area contributed by atoms with Crippen molar-refractivity contribution in [2.24, 2.45) is 11.8 Å². The van der Waals surface area contributed by atoms with Gasteiger partial charge in [-0.05, 0) is 120 Å². The zero-order valence-electron chi connectivity index (χ0n) is 37.8. The second-order valence-corrected chi connectivity index (χ2v) is 17.0. The van der Waals surface area contributed by atoms with Crippen LogP contribution in [0.1, 0.15) is 91.2 Å². The predicted molar refractivity (Wildman–Crippen MR) is 270 cm³/mol. The minimum atomic E-state index is 0.0939. The van der Waals surface area contributed by atoms with Gasteiger partial charge in [0.05, 0.1) is 0 Å². The van der Waals surface area contributed by atoms with Crippen LogP contribution in [0.5, 0.6) is 0 Å². The van der Waals surface area contributed by atoms with Crippen molar-refractivity contribution in [1.82, 2.24) is 4.90 Å². The lowest BCUT2D eigenvalue weighted by Crippen LogP contribution is -2.20. The molecule has 2 heteroatoms. The minimum absolute atomic E-state index is 0.0939. The van der Waals surface area contributed by atoms with Crippen molar-refractivity contribution in [2.75, 3.05) is 0 Å². The number of fused-ring (bicyclic) bond motifs is 1. The molecule has 1 nitrogen and oxygen atoms in total. The first-order valence-corrected chi connectivity index (χ1v) is 23.0. The number of thioether (sulfide) groups is 1. The standard InChI is InChI=1S/C59H67NS/c1-10-15-27-46(8)60(53(26-12-3)39-36-44(6)56(14-5)57-34-21-17-20-30-51(57)25-11-2)54-33-24-32-50(38-40-54)48(13-4)43-58(47(9)49-28-18-16-19-29-49)45(7)37-41-55-42-52-31-22-23-35-59(52)61-55/h10,13-16,18-26,28-41,43-44,47,50H,5,8,11-12,17,27,42H2,1-4,6-7,9H3/b15-10-,39-36-,45-37+,48-13+,51-25-,53-26+,55-41+,57-56+,58-43-. The Balaban J connectivity index is 1.48. The minimum Gasteiger partial charge on any atom is -0.315 e. The molecule has 0 fully saturated rings. The molecule has 2 aliphatic carbocycles. The lowest BCUT2D eigenvalue weighted by Gasteiger charge is -2.29. The summed E-state index contributed by atoms with van der Waals surface area (Å²) in [4.78, 5) is 5.09. The van der Waals surface area contributed by atoms with Crippen molar-refractivity contribution in [2.45, 2.75) is 91.4 Å². The normalized spacial score (nSPS) is 20.6. The summed E-state index contributed by atoms with van der Waals surface area (Å²) < 4.78 is 0. The topological polar surface area (TPSA) is 3.24 Å². The molecule has 0 amide bonds. The molecule has 0 radical (unpaired) electrons. The Kier molecular flexibility index (Phi) is 18.3. The maximum absolute atomic E-state index is 4.65. The fraction of sp³-hybridized carbons (Fsp3) is 0.254. The van der Waals surface area contributed by atoms with Crippen LogP contribution in [0.15, 0.2) is 250 Å². The van der Waals surface area contributed by atoms with E-state index in [-0.39, 0.29) is 17.8 Å². The number of benzene rings is 2. The third-order valence-electron chi connectivity index (χ3n) is 11.4. The van der Waals surface area contributed by atoms with Crippen molar-refractivity contribution < 1.29 is 0 Å². The Hall–Kier alpha value is -5.57. The number of nitrogens with zero attached hydrogens (tertiary/aromatic N) is 1. The molecule has 0 N–H and O–H groups in total. The first-order valence-electron chi connectivity index (χ1n) is 22.2. The van der Waals surface area contributed by atoms with E-state index >= 15 is 0 Å². The molecule has 2 aromatic rings. The molecule has 5 rings (SSSR count). The summed E-state index contributed by atoms with van der Waals surface area (Å²) in [7, 11) is 0. The molecule has 0 bridgehead atoms. The van der Waals surface area contributed by atoms with Gasteiger partial charge in [0.15, 0.2) is 0 Å². The summed E-state index contributed by atoms with van der Waals surface area (Å²) in [6.07, 6.45) is 49.9. The van der Waals surface area contributed by atoms with Gasteiger partial charge in [-0.1, -0.05) is 204 Å². The largest absolute Gasteiger partial charge is 0.315 e. The van der Waals surface area contributed by atoms with E-state index in [1.165, 1.54) is 54.4 Å². The van der Waals surface area contributed by atoms with Crippen LogP contribution in [0.4, 0.5) is 0 Å². The fourth-order valence-corrected chi connectivity index (χ4v) is 9.10. The van der Waals surface area contributed by atoms with Gasteiger partial charge >= 0.3 is 0 Å². The molecular weight excluding hydrogens is 755 g/mol. The Bertz CT molecular complexity index is 2290. The highest BCUT2D eigenvalue weighted by atomic mass is 32.2. The Morgan fingerprint density at radius 3 is 2.44 bits per heavy atom. The Morgan fingerprint density at radius 2 is 1.72 bits per heavy atom. The van der Waals surface area contributed by atoms with Crippen molar-refractivity contribution >= 4 is 11.8 Å². The highest BCUT2D eigenvalue weighted by Crippen LogP contribution is 2.40. The second kappa shape index (κ2) is 24.0. The van der Waals surface area contributed by atoms with Gasteiger partial charge in [-0.3, -0.25) is 0 Å². The van der Waals surface area contributed by atoms with Crippen molar-refractivity contribution in [3.05, 3.63) is 256 Å². The summed E-state index contributed by atoms with van der Waals surface area (Å²) in [5, 5.41) is 0. The summed E-state index contributed by atoms with van der Waals surface area (Å²) in [5.74, 6) is 0.460. The van der Waals surface area contributed by atoms with Gasteiger partial charge in [0.1, 0.15) is 0 Å². The Morgan fingerprint density at radius 1 is 0.951 bits per heavy atom. The van der Waals surface area contributed by atoms with Gasteiger partial charge in [0.2, 0.25) is 0 Å². The third kappa shape index (κ3) is 12.7. The average Bonchev–Trinajstić information content (AvgIpc) is 3.37. The van der Waals surface area contributed by atoms with Crippen LogP contribution in [-0.2, 0) is 6.42 Å². The van der Waals surface area contributed by atoms with Gasteiger partial charge in [-0.25, -0.2) is 0 Å². The van der Waals surface area contributed by atoms with Crippen molar-refractivity contribution in [3.8, 4) is 0 Å². The van der Waals surface area contributed by atoms with E-state index in [0.29, 0.717) is 0 Å². The maximum atomic E-state index is 4.65. The molecule has 3 atom stereocenters. The summed E-state index contributed by atoms with van der Waals surface area (Å²) >= 11 is 1.89. The van der Waals surface area contributed by atoms with Crippen molar-refractivity contribution in [1.29, 1.82) is 0 Å². The van der Waals surface area contributed by atoms with E-state index in [1.807, 2.05) is 17.8 Å². The fourth-order valence-electron chi connectivity index (χ4n) is 8.04. The van der Waals surface area contributed by atoms with Crippen LogP contribution < -0.4 is 0 Å². The highest BCUT2D eigenvalue weighted by molar-refractivity contribution is 8.03. The first kappa shape index (κ1) is 46.5. The SMILES string of the molecule is C=C/C(=C1/C=CCC=C/C1=C/CC)C(C)/C=C\C(=C/CC)N(C(=C)C/C=C\C)C1=CC=CC(C(=C/C)/C=C(/C(C)=C/C=C2\Cc3ccccc3S2)C(C)c2ccccc2)C=C1. The summed E-state index contributed by atoms with van der Waals surface area (Å²) in [6, 6.07) is 19.6.